The Kier molecular flexibility index (Phi) is 5.64. The first-order valence-corrected chi connectivity index (χ1v) is 5.87. The summed E-state index contributed by atoms with van der Waals surface area (Å²) in [6, 6.07) is 3.13. The highest BCUT2D eigenvalue weighted by molar-refractivity contribution is 7.80. The van der Waals surface area contributed by atoms with E-state index in [0.717, 1.165) is 4.90 Å². The van der Waals surface area contributed by atoms with E-state index in [1.807, 2.05) is 0 Å². The van der Waals surface area contributed by atoms with Gasteiger partial charge in [-0.2, -0.15) is 13.2 Å². The molecule has 3 N–H and O–H groups in total. The number of aromatic nitrogens is 1. The normalized spacial score (nSPS) is 11.8. The van der Waals surface area contributed by atoms with Gasteiger partial charge in [0.2, 0.25) is 0 Å². The molecule has 1 aromatic heterocycles. The van der Waals surface area contributed by atoms with Crippen LogP contribution in [0.1, 0.15) is 11.3 Å². The fourth-order valence-electron chi connectivity index (χ4n) is 1.57. The molecule has 0 bridgehead atoms. The summed E-state index contributed by atoms with van der Waals surface area (Å²) in [5.41, 5.74) is 6.38. The van der Waals surface area contributed by atoms with Crippen LogP contribution in [0.2, 0.25) is 0 Å². The molecule has 1 aromatic rings. The van der Waals surface area contributed by atoms with Crippen molar-refractivity contribution in [2.45, 2.75) is 12.7 Å². The molecule has 0 spiro atoms. The van der Waals surface area contributed by atoms with Gasteiger partial charge in [0.25, 0.3) is 0 Å². The molecule has 0 aliphatic rings. The molecular weight excluding hydrogens is 279 g/mol. The van der Waals surface area contributed by atoms with Gasteiger partial charge in [-0.3, -0.25) is 9.88 Å². The second-order valence-electron chi connectivity index (χ2n) is 3.96. The van der Waals surface area contributed by atoms with Crippen molar-refractivity contribution >= 4 is 17.2 Å². The number of hydrogen-bond acceptors (Lipinski definition) is 4. The molecule has 1 heterocycles. The average molecular weight is 293 g/mol. The van der Waals surface area contributed by atoms with Gasteiger partial charge < -0.3 is 10.8 Å². The zero-order valence-corrected chi connectivity index (χ0v) is 10.8. The van der Waals surface area contributed by atoms with Crippen LogP contribution in [0.3, 0.4) is 0 Å². The van der Waals surface area contributed by atoms with Crippen LogP contribution in [0.5, 0.6) is 0 Å². The van der Waals surface area contributed by atoms with Crippen molar-refractivity contribution < 1.29 is 18.3 Å². The summed E-state index contributed by atoms with van der Waals surface area (Å²) in [4.78, 5) is 5.10. The van der Waals surface area contributed by atoms with Crippen LogP contribution in [-0.4, -0.2) is 45.9 Å². The highest BCUT2D eigenvalue weighted by atomic mass is 32.1. The fraction of sp³-hybridized carbons (Fsp3) is 0.455. The van der Waals surface area contributed by atoms with Crippen molar-refractivity contribution in [1.82, 2.24) is 9.88 Å². The Hall–Kier alpha value is -1.25. The number of aliphatic hydroxyl groups is 1. The summed E-state index contributed by atoms with van der Waals surface area (Å²) in [6.07, 6.45) is -2.87. The quantitative estimate of drug-likeness (QED) is 0.768. The molecule has 0 saturated heterocycles. The highest BCUT2D eigenvalue weighted by Crippen LogP contribution is 2.18. The van der Waals surface area contributed by atoms with Gasteiger partial charge in [-0.05, 0) is 17.7 Å². The van der Waals surface area contributed by atoms with E-state index in [1.54, 1.807) is 12.1 Å². The van der Waals surface area contributed by atoms with Crippen molar-refractivity contribution in [1.29, 1.82) is 0 Å². The zero-order valence-electron chi connectivity index (χ0n) is 10.0. The Morgan fingerprint density at radius 2 is 2.16 bits per heavy atom. The molecule has 19 heavy (non-hydrogen) atoms. The van der Waals surface area contributed by atoms with E-state index in [9.17, 15) is 13.2 Å². The molecule has 106 valence electrons. The van der Waals surface area contributed by atoms with Crippen LogP contribution in [0.25, 0.3) is 0 Å². The lowest BCUT2D eigenvalue weighted by Crippen LogP contribution is -2.35. The van der Waals surface area contributed by atoms with E-state index in [1.165, 1.54) is 6.20 Å². The van der Waals surface area contributed by atoms with Crippen LogP contribution < -0.4 is 5.73 Å². The number of nitrogens with zero attached hydrogens (tertiary/aromatic N) is 2. The van der Waals surface area contributed by atoms with Crippen LogP contribution in [0, 0.1) is 0 Å². The van der Waals surface area contributed by atoms with E-state index in [0.29, 0.717) is 11.3 Å². The Bertz CT molecular complexity index is 439. The predicted octanol–water partition coefficient (Wildman–Crippen LogP) is 1.07. The Labute approximate surface area is 114 Å². The van der Waals surface area contributed by atoms with Crippen LogP contribution >= 0.6 is 12.2 Å². The first-order chi connectivity index (χ1) is 8.81. The molecule has 0 amide bonds. The van der Waals surface area contributed by atoms with E-state index in [-0.39, 0.29) is 24.7 Å². The van der Waals surface area contributed by atoms with Gasteiger partial charge in [0.15, 0.2) is 0 Å². The van der Waals surface area contributed by atoms with E-state index >= 15 is 0 Å². The number of alkyl halides is 3. The second-order valence-corrected chi connectivity index (χ2v) is 4.40. The molecule has 0 aliphatic carbocycles. The maximum Gasteiger partial charge on any atom is 0.401 e. The van der Waals surface area contributed by atoms with Crippen LogP contribution in [-0.2, 0) is 6.54 Å². The van der Waals surface area contributed by atoms with E-state index < -0.39 is 12.7 Å². The van der Waals surface area contributed by atoms with Gasteiger partial charge in [-0.1, -0.05) is 12.2 Å². The third-order valence-corrected chi connectivity index (χ3v) is 2.51. The summed E-state index contributed by atoms with van der Waals surface area (Å²) >= 11 is 4.76. The molecule has 1 rings (SSSR count). The minimum Gasteiger partial charge on any atom is -0.395 e. The van der Waals surface area contributed by atoms with Gasteiger partial charge in [0, 0.05) is 19.3 Å². The van der Waals surface area contributed by atoms with Gasteiger partial charge >= 0.3 is 6.18 Å². The number of rotatable bonds is 6. The lowest BCUT2D eigenvalue weighted by atomic mass is 10.2. The molecule has 0 fully saturated rings. The average Bonchev–Trinajstić information content (AvgIpc) is 2.27. The van der Waals surface area contributed by atoms with Crippen molar-refractivity contribution in [3.05, 3.63) is 29.6 Å². The lowest BCUT2D eigenvalue weighted by Gasteiger charge is -2.22. The zero-order chi connectivity index (χ0) is 14.5. The van der Waals surface area contributed by atoms with Gasteiger partial charge in [0.1, 0.15) is 4.99 Å². The van der Waals surface area contributed by atoms with Crippen LogP contribution in [0.4, 0.5) is 13.2 Å². The highest BCUT2D eigenvalue weighted by Gasteiger charge is 2.30. The number of hydrogen-bond donors (Lipinski definition) is 2. The predicted molar refractivity (Wildman–Crippen MR) is 68.5 cm³/mol. The summed E-state index contributed by atoms with van der Waals surface area (Å²) in [5.74, 6) is 0. The van der Waals surface area contributed by atoms with E-state index in [2.05, 4.69) is 4.98 Å². The molecule has 0 aliphatic heterocycles. The SMILES string of the molecule is NC(=S)c1cc(CN(CCO)CC(F)(F)F)ccn1. The van der Waals surface area contributed by atoms with Crippen molar-refractivity contribution in [2.75, 3.05) is 19.7 Å². The summed E-state index contributed by atoms with van der Waals surface area (Å²) < 4.78 is 37.1. The van der Waals surface area contributed by atoms with Crippen molar-refractivity contribution in [3.8, 4) is 0 Å². The standard InChI is InChI=1S/C11H14F3N3OS/c12-11(13,14)7-17(3-4-18)6-8-1-2-16-9(5-8)10(15)19/h1-2,5,18H,3-4,6-7H2,(H2,15,19). The third kappa shape index (κ3) is 5.95. The number of nitrogens with two attached hydrogens (primary N) is 1. The molecular formula is C11H14F3N3OS. The Balaban J connectivity index is 2.78. The monoisotopic (exact) mass is 293 g/mol. The molecule has 8 heteroatoms. The molecule has 0 saturated carbocycles. The minimum absolute atomic E-state index is 0.0399. The van der Waals surface area contributed by atoms with Crippen molar-refractivity contribution in [2.24, 2.45) is 5.73 Å². The van der Waals surface area contributed by atoms with E-state index in [4.69, 9.17) is 23.1 Å². The number of aliphatic hydroxyl groups excluding tert-OH is 1. The largest absolute Gasteiger partial charge is 0.401 e. The molecule has 0 atom stereocenters. The number of pyridine rings is 1. The van der Waals surface area contributed by atoms with Crippen molar-refractivity contribution in [3.63, 3.8) is 0 Å². The number of halogens is 3. The summed E-state index contributed by atoms with van der Waals surface area (Å²) in [5, 5.41) is 8.79. The minimum atomic E-state index is -4.31. The third-order valence-electron chi connectivity index (χ3n) is 2.30. The first-order valence-electron chi connectivity index (χ1n) is 5.46. The topological polar surface area (TPSA) is 62.4 Å². The summed E-state index contributed by atoms with van der Waals surface area (Å²) in [7, 11) is 0. The molecule has 4 nitrogen and oxygen atoms in total. The molecule has 0 unspecified atom stereocenters. The first kappa shape index (κ1) is 15.8. The second kappa shape index (κ2) is 6.78. The summed E-state index contributed by atoms with van der Waals surface area (Å²) in [6.45, 7) is -1.45. The number of thiocarbonyl (C=S) groups is 1. The van der Waals surface area contributed by atoms with Gasteiger partial charge in [-0.25, -0.2) is 0 Å². The molecule has 0 radical (unpaired) electrons. The fourth-order valence-corrected chi connectivity index (χ4v) is 1.69. The van der Waals surface area contributed by atoms with Crippen LogP contribution in [0.15, 0.2) is 18.3 Å². The maximum absolute atomic E-state index is 12.4. The molecule has 0 aromatic carbocycles. The van der Waals surface area contributed by atoms with Gasteiger partial charge in [0.05, 0.1) is 18.8 Å². The van der Waals surface area contributed by atoms with Gasteiger partial charge in [-0.15, -0.1) is 0 Å². The Morgan fingerprint density at radius 1 is 1.47 bits per heavy atom. The maximum atomic E-state index is 12.4. The smallest absolute Gasteiger partial charge is 0.395 e. The lowest BCUT2D eigenvalue weighted by molar-refractivity contribution is -0.147. The Morgan fingerprint density at radius 3 is 2.68 bits per heavy atom.